The van der Waals surface area contributed by atoms with Crippen molar-refractivity contribution in [2.24, 2.45) is 0 Å². The van der Waals surface area contributed by atoms with Crippen LogP contribution in [0.15, 0.2) is 42.0 Å². The van der Waals surface area contributed by atoms with E-state index in [1.807, 2.05) is 36.4 Å². The van der Waals surface area contributed by atoms with E-state index in [0.29, 0.717) is 11.3 Å². The Morgan fingerprint density at radius 3 is 2.72 bits per heavy atom. The Morgan fingerprint density at radius 2 is 1.94 bits per heavy atom. The maximum atomic E-state index is 11.3. The van der Waals surface area contributed by atoms with Crippen LogP contribution in [0.4, 0.5) is 0 Å². The van der Waals surface area contributed by atoms with Crippen molar-refractivity contribution in [2.75, 3.05) is 0 Å². The van der Waals surface area contributed by atoms with Gasteiger partial charge in [-0.15, -0.1) is 0 Å². The van der Waals surface area contributed by atoms with Gasteiger partial charge in [-0.1, -0.05) is 24.3 Å². The molecule has 0 atom stereocenters. The molecule has 0 aliphatic carbocycles. The van der Waals surface area contributed by atoms with Gasteiger partial charge in [0.15, 0.2) is 0 Å². The van der Waals surface area contributed by atoms with Crippen molar-refractivity contribution in [3.63, 3.8) is 0 Å². The summed E-state index contributed by atoms with van der Waals surface area (Å²) in [6.07, 6.45) is 1.62. The smallest absolute Gasteiger partial charge is 0.342 e. The van der Waals surface area contributed by atoms with E-state index in [1.54, 1.807) is 6.08 Å². The van der Waals surface area contributed by atoms with Gasteiger partial charge in [0.1, 0.15) is 0 Å². The SMILES string of the molecule is O=C1C/C(=C\c2ccc3ccccc3n2)C(=O)O1. The summed E-state index contributed by atoms with van der Waals surface area (Å²) in [5.41, 5.74) is 1.85. The molecule has 88 valence electrons. The zero-order chi connectivity index (χ0) is 12.5. The zero-order valence-corrected chi connectivity index (χ0v) is 9.42. The van der Waals surface area contributed by atoms with Gasteiger partial charge in [0.2, 0.25) is 0 Å². The van der Waals surface area contributed by atoms with E-state index >= 15 is 0 Å². The number of rotatable bonds is 1. The number of benzene rings is 1. The molecular weight excluding hydrogens is 230 g/mol. The number of hydrogen-bond acceptors (Lipinski definition) is 4. The van der Waals surface area contributed by atoms with Crippen molar-refractivity contribution in [1.29, 1.82) is 0 Å². The molecule has 4 heteroatoms. The molecule has 18 heavy (non-hydrogen) atoms. The maximum absolute atomic E-state index is 11.3. The second-order valence-electron chi connectivity index (χ2n) is 4.04. The number of ether oxygens (including phenoxy) is 1. The first kappa shape index (κ1) is 10.7. The minimum atomic E-state index is -0.574. The number of para-hydroxylation sites is 1. The summed E-state index contributed by atoms with van der Waals surface area (Å²) in [5, 5.41) is 1.03. The molecule has 1 fully saturated rings. The van der Waals surface area contributed by atoms with Crippen molar-refractivity contribution in [1.82, 2.24) is 4.98 Å². The second-order valence-corrected chi connectivity index (χ2v) is 4.04. The molecule has 2 aromatic rings. The van der Waals surface area contributed by atoms with Crippen molar-refractivity contribution in [3.05, 3.63) is 47.7 Å². The Balaban J connectivity index is 2.02. The van der Waals surface area contributed by atoms with Crippen LogP contribution < -0.4 is 0 Å². The van der Waals surface area contributed by atoms with Gasteiger partial charge >= 0.3 is 11.9 Å². The first-order valence-corrected chi connectivity index (χ1v) is 5.54. The van der Waals surface area contributed by atoms with Crippen LogP contribution in [0.2, 0.25) is 0 Å². The summed E-state index contributed by atoms with van der Waals surface area (Å²) in [6.45, 7) is 0. The standard InChI is InChI=1S/C14H9NO3/c16-13-8-10(14(17)18-13)7-11-6-5-9-3-1-2-4-12(9)15-11/h1-7H,8H2/b10-7+. The van der Waals surface area contributed by atoms with E-state index in [0.717, 1.165) is 10.9 Å². The predicted molar refractivity (Wildman–Crippen MR) is 65.4 cm³/mol. The summed E-state index contributed by atoms with van der Waals surface area (Å²) >= 11 is 0. The van der Waals surface area contributed by atoms with Gasteiger partial charge in [-0.2, -0.15) is 0 Å². The monoisotopic (exact) mass is 239 g/mol. The van der Waals surface area contributed by atoms with Gasteiger partial charge in [0.25, 0.3) is 0 Å². The Bertz CT molecular complexity index is 688. The molecule has 3 rings (SSSR count). The molecule has 0 saturated carbocycles. The second kappa shape index (κ2) is 4.07. The lowest BCUT2D eigenvalue weighted by molar-refractivity contribution is -0.151. The largest absolute Gasteiger partial charge is 0.389 e. The lowest BCUT2D eigenvalue weighted by atomic mass is 10.1. The molecule has 0 N–H and O–H groups in total. The van der Waals surface area contributed by atoms with Gasteiger partial charge in [-0.3, -0.25) is 4.79 Å². The number of pyridine rings is 1. The van der Waals surface area contributed by atoms with Crippen LogP contribution in [0, 0.1) is 0 Å². The Kier molecular flexibility index (Phi) is 2.41. The number of cyclic esters (lactones) is 2. The lowest BCUT2D eigenvalue weighted by Gasteiger charge is -1.98. The van der Waals surface area contributed by atoms with Crippen molar-refractivity contribution >= 4 is 28.9 Å². The van der Waals surface area contributed by atoms with E-state index < -0.39 is 11.9 Å². The van der Waals surface area contributed by atoms with Crippen LogP contribution in [0.5, 0.6) is 0 Å². The third-order valence-electron chi connectivity index (χ3n) is 2.75. The summed E-state index contributed by atoms with van der Waals surface area (Å²) in [5.74, 6) is -1.08. The first-order valence-electron chi connectivity index (χ1n) is 5.54. The van der Waals surface area contributed by atoms with Crippen molar-refractivity contribution in [2.45, 2.75) is 6.42 Å². The third kappa shape index (κ3) is 1.88. The first-order chi connectivity index (χ1) is 8.72. The van der Waals surface area contributed by atoms with Crippen LogP contribution >= 0.6 is 0 Å². The molecule has 0 amide bonds. The van der Waals surface area contributed by atoms with Crippen LogP contribution in [0.25, 0.3) is 17.0 Å². The minimum absolute atomic E-state index is 0.0212. The fourth-order valence-corrected chi connectivity index (χ4v) is 1.88. The minimum Gasteiger partial charge on any atom is -0.389 e. The van der Waals surface area contributed by atoms with Gasteiger partial charge < -0.3 is 4.74 Å². The van der Waals surface area contributed by atoms with Crippen LogP contribution in [0.1, 0.15) is 12.1 Å². The molecule has 0 radical (unpaired) electrons. The lowest BCUT2D eigenvalue weighted by Crippen LogP contribution is -1.97. The molecular formula is C14H9NO3. The topological polar surface area (TPSA) is 56.3 Å². The summed E-state index contributed by atoms with van der Waals surface area (Å²) in [4.78, 5) is 26.7. The Morgan fingerprint density at radius 1 is 1.11 bits per heavy atom. The third-order valence-corrected chi connectivity index (χ3v) is 2.75. The zero-order valence-electron chi connectivity index (χ0n) is 9.42. The molecule has 0 bridgehead atoms. The average molecular weight is 239 g/mol. The van der Waals surface area contributed by atoms with Gasteiger partial charge in [-0.25, -0.2) is 9.78 Å². The highest BCUT2D eigenvalue weighted by Gasteiger charge is 2.26. The maximum Gasteiger partial charge on any atom is 0.342 e. The molecule has 0 unspecified atom stereocenters. The number of esters is 2. The Labute approximate surface area is 103 Å². The molecule has 1 aliphatic rings. The highest BCUT2D eigenvalue weighted by atomic mass is 16.6. The van der Waals surface area contributed by atoms with Gasteiger partial charge in [-0.05, 0) is 18.2 Å². The number of carbonyl (C=O) groups is 2. The fraction of sp³-hybridized carbons (Fsp3) is 0.0714. The van der Waals surface area contributed by atoms with E-state index in [1.165, 1.54) is 0 Å². The number of nitrogens with zero attached hydrogens (tertiary/aromatic N) is 1. The normalized spacial score (nSPS) is 17.4. The molecule has 1 saturated heterocycles. The highest BCUT2D eigenvalue weighted by Crippen LogP contribution is 2.19. The number of carbonyl (C=O) groups excluding carboxylic acids is 2. The molecule has 0 spiro atoms. The van der Waals surface area contributed by atoms with E-state index in [2.05, 4.69) is 9.72 Å². The summed E-state index contributed by atoms with van der Waals surface area (Å²) in [7, 11) is 0. The van der Waals surface area contributed by atoms with Gasteiger partial charge in [0.05, 0.1) is 23.2 Å². The van der Waals surface area contributed by atoms with Crippen LogP contribution in [-0.2, 0) is 14.3 Å². The molecule has 1 aromatic carbocycles. The van der Waals surface area contributed by atoms with Gasteiger partial charge in [0, 0.05) is 5.39 Å². The van der Waals surface area contributed by atoms with Crippen molar-refractivity contribution < 1.29 is 14.3 Å². The highest BCUT2D eigenvalue weighted by molar-refractivity contribution is 6.08. The molecule has 4 nitrogen and oxygen atoms in total. The Hall–Kier alpha value is -2.49. The van der Waals surface area contributed by atoms with Crippen LogP contribution in [-0.4, -0.2) is 16.9 Å². The average Bonchev–Trinajstić information content (AvgIpc) is 2.68. The van der Waals surface area contributed by atoms with E-state index in [-0.39, 0.29) is 6.42 Å². The van der Waals surface area contributed by atoms with E-state index in [9.17, 15) is 9.59 Å². The van der Waals surface area contributed by atoms with E-state index in [4.69, 9.17) is 0 Å². The number of hydrogen-bond donors (Lipinski definition) is 0. The quantitative estimate of drug-likeness (QED) is 0.434. The summed E-state index contributed by atoms with van der Waals surface area (Å²) in [6, 6.07) is 11.4. The molecule has 2 heterocycles. The summed E-state index contributed by atoms with van der Waals surface area (Å²) < 4.78 is 4.46. The molecule has 1 aliphatic heterocycles. The predicted octanol–water partition coefficient (Wildman–Crippen LogP) is 2.09. The van der Waals surface area contributed by atoms with Crippen LogP contribution in [0.3, 0.4) is 0 Å². The molecule has 1 aromatic heterocycles. The number of aromatic nitrogens is 1. The fourth-order valence-electron chi connectivity index (χ4n) is 1.88. The van der Waals surface area contributed by atoms with Crippen molar-refractivity contribution in [3.8, 4) is 0 Å². The number of fused-ring (bicyclic) bond motifs is 1.